The Labute approximate surface area is 187 Å². The molecule has 0 unspecified atom stereocenters. The SMILES string of the molecule is COc1cc(O[C@@H]2O[C@H](CO)[C@@H](O)[C@H](O)[C@H]2O)c2c(=O)c3c(OC)c(OC)ccc3oc2c1. The van der Waals surface area contributed by atoms with E-state index in [1.54, 1.807) is 12.1 Å². The molecule has 33 heavy (non-hydrogen) atoms. The molecule has 1 aliphatic heterocycles. The van der Waals surface area contributed by atoms with E-state index in [1.807, 2.05) is 0 Å². The maximum absolute atomic E-state index is 13.6. The zero-order valence-corrected chi connectivity index (χ0v) is 18.0. The van der Waals surface area contributed by atoms with Crippen molar-refractivity contribution in [2.24, 2.45) is 0 Å². The third kappa shape index (κ3) is 3.83. The van der Waals surface area contributed by atoms with Gasteiger partial charge in [-0.2, -0.15) is 0 Å². The molecule has 11 nitrogen and oxygen atoms in total. The minimum atomic E-state index is -1.67. The van der Waals surface area contributed by atoms with Crippen LogP contribution in [0.3, 0.4) is 0 Å². The molecule has 0 spiro atoms. The molecule has 1 saturated heterocycles. The number of fused-ring (bicyclic) bond motifs is 2. The first kappa shape index (κ1) is 23.1. The van der Waals surface area contributed by atoms with Crippen LogP contribution in [0.4, 0.5) is 0 Å². The van der Waals surface area contributed by atoms with Gasteiger partial charge < -0.3 is 48.5 Å². The van der Waals surface area contributed by atoms with Crippen LogP contribution in [-0.4, -0.2) is 79.1 Å². The Hall–Kier alpha value is -3.09. The molecule has 1 fully saturated rings. The van der Waals surface area contributed by atoms with Crippen LogP contribution in [0.1, 0.15) is 0 Å². The van der Waals surface area contributed by atoms with E-state index in [-0.39, 0.29) is 39.2 Å². The fraction of sp³-hybridized carbons (Fsp3) is 0.409. The van der Waals surface area contributed by atoms with Gasteiger partial charge >= 0.3 is 0 Å². The Bertz CT molecular complexity index is 1220. The van der Waals surface area contributed by atoms with Crippen molar-refractivity contribution in [2.45, 2.75) is 30.7 Å². The van der Waals surface area contributed by atoms with Crippen molar-refractivity contribution in [1.82, 2.24) is 0 Å². The lowest BCUT2D eigenvalue weighted by Crippen LogP contribution is -2.60. The first-order valence-electron chi connectivity index (χ1n) is 10.0. The first-order valence-corrected chi connectivity index (χ1v) is 10.0. The van der Waals surface area contributed by atoms with Gasteiger partial charge in [-0.1, -0.05) is 0 Å². The number of rotatable bonds is 6. The predicted octanol–water partition coefficient (Wildman–Crippen LogP) is 0.151. The molecule has 2 aromatic carbocycles. The standard InChI is InChI=1S/C22H24O11/c1-28-9-6-12-15(18(25)16-10(31-12)4-5-11(29-2)21(16)30-3)13(7-9)32-22-20(27)19(26)17(24)14(8-23)33-22/h4-7,14,17,19-20,22-24,26-27H,8H2,1-3H3/t14-,17-,19+,20-,22-/m1/s1. The lowest BCUT2D eigenvalue weighted by molar-refractivity contribution is -0.277. The van der Waals surface area contributed by atoms with Gasteiger partial charge in [0, 0.05) is 12.1 Å². The summed E-state index contributed by atoms with van der Waals surface area (Å²) >= 11 is 0. The summed E-state index contributed by atoms with van der Waals surface area (Å²) in [7, 11) is 4.23. The van der Waals surface area contributed by atoms with Crippen molar-refractivity contribution in [2.75, 3.05) is 27.9 Å². The average molecular weight is 464 g/mol. The fourth-order valence-electron chi connectivity index (χ4n) is 3.82. The molecule has 1 aromatic heterocycles. The number of hydrogen-bond donors (Lipinski definition) is 4. The van der Waals surface area contributed by atoms with Crippen molar-refractivity contribution < 1.29 is 48.5 Å². The van der Waals surface area contributed by atoms with Crippen LogP contribution in [0.5, 0.6) is 23.0 Å². The Kier molecular flexibility index (Phi) is 6.32. The van der Waals surface area contributed by atoms with E-state index < -0.39 is 42.7 Å². The normalized spacial score (nSPS) is 25.2. The largest absolute Gasteiger partial charge is 0.496 e. The van der Waals surface area contributed by atoms with Crippen LogP contribution in [0.25, 0.3) is 21.9 Å². The maximum atomic E-state index is 13.6. The molecule has 3 aromatic rings. The number of ether oxygens (including phenoxy) is 5. The topological polar surface area (TPSA) is 157 Å². The van der Waals surface area contributed by atoms with Crippen LogP contribution in [0.15, 0.2) is 33.5 Å². The Morgan fingerprint density at radius 2 is 1.64 bits per heavy atom. The summed E-state index contributed by atoms with van der Waals surface area (Å²) in [5.74, 6) is 0.695. The highest BCUT2D eigenvalue weighted by atomic mass is 16.7. The van der Waals surface area contributed by atoms with Gasteiger partial charge in [-0.25, -0.2) is 0 Å². The molecule has 0 amide bonds. The zero-order valence-electron chi connectivity index (χ0n) is 18.0. The molecule has 11 heteroatoms. The van der Waals surface area contributed by atoms with Crippen LogP contribution in [0, 0.1) is 0 Å². The molecule has 4 rings (SSSR count). The van der Waals surface area contributed by atoms with Crippen molar-refractivity contribution in [3.8, 4) is 23.0 Å². The second kappa shape index (κ2) is 9.04. The molecular weight excluding hydrogens is 440 g/mol. The summed E-state index contributed by atoms with van der Waals surface area (Å²) in [5.41, 5.74) is -0.153. The Morgan fingerprint density at radius 1 is 0.879 bits per heavy atom. The van der Waals surface area contributed by atoms with Crippen molar-refractivity contribution in [3.63, 3.8) is 0 Å². The molecular formula is C22H24O11. The Balaban J connectivity index is 1.92. The van der Waals surface area contributed by atoms with Crippen molar-refractivity contribution in [3.05, 3.63) is 34.5 Å². The number of aliphatic hydroxyl groups is 4. The van der Waals surface area contributed by atoms with E-state index in [4.69, 9.17) is 28.1 Å². The molecule has 0 bridgehead atoms. The quantitative estimate of drug-likeness (QED) is 0.368. The average Bonchev–Trinajstić information content (AvgIpc) is 2.83. The molecule has 5 atom stereocenters. The third-order valence-corrected chi connectivity index (χ3v) is 5.55. The van der Waals surface area contributed by atoms with Crippen LogP contribution in [0.2, 0.25) is 0 Å². The van der Waals surface area contributed by atoms with Crippen molar-refractivity contribution >= 4 is 21.9 Å². The lowest BCUT2D eigenvalue weighted by atomic mass is 9.99. The molecule has 0 radical (unpaired) electrons. The number of methoxy groups -OCH3 is 3. The van der Waals surface area contributed by atoms with E-state index in [1.165, 1.54) is 33.5 Å². The second-order valence-corrected chi connectivity index (χ2v) is 7.42. The first-order chi connectivity index (χ1) is 15.8. The number of benzene rings is 2. The summed E-state index contributed by atoms with van der Waals surface area (Å²) in [6.07, 6.45) is -7.59. The van der Waals surface area contributed by atoms with E-state index in [9.17, 15) is 25.2 Å². The molecule has 178 valence electrons. The molecule has 1 aliphatic rings. The minimum absolute atomic E-state index is 0.00758. The van der Waals surface area contributed by atoms with Crippen LogP contribution < -0.4 is 24.4 Å². The monoisotopic (exact) mass is 464 g/mol. The van der Waals surface area contributed by atoms with Gasteiger partial charge in [-0.15, -0.1) is 0 Å². The number of aliphatic hydroxyl groups excluding tert-OH is 4. The molecule has 0 saturated carbocycles. The Morgan fingerprint density at radius 3 is 2.27 bits per heavy atom. The summed E-state index contributed by atoms with van der Waals surface area (Å²) in [6, 6.07) is 6.04. The highest BCUT2D eigenvalue weighted by Crippen LogP contribution is 2.38. The summed E-state index contributed by atoms with van der Waals surface area (Å²) in [5, 5.41) is 40.0. The van der Waals surface area contributed by atoms with E-state index in [0.29, 0.717) is 5.75 Å². The molecule has 0 aliphatic carbocycles. The summed E-state index contributed by atoms with van der Waals surface area (Å²) < 4.78 is 33.0. The highest BCUT2D eigenvalue weighted by molar-refractivity contribution is 5.97. The van der Waals surface area contributed by atoms with Gasteiger partial charge in [0.15, 0.2) is 11.5 Å². The van der Waals surface area contributed by atoms with E-state index >= 15 is 0 Å². The third-order valence-electron chi connectivity index (χ3n) is 5.55. The lowest BCUT2D eigenvalue weighted by Gasteiger charge is -2.39. The maximum Gasteiger partial charge on any atom is 0.229 e. The summed E-state index contributed by atoms with van der Waals surface area (Å²) in [4.78, 5) is 13.6. The van der Waals surface area contributed by atoms with Crippen molar-refractivity contribution in [1.29, 1.82) is 0 Å². The van der Waals surface area contributed by atoms with Crippen LogP contribution in [-0.2, 0) is 4.74 Å². The van der Waals surface area contributed by atoms with Crippen LogP contribution >= 0.6 is 0 Å². The number of hydrogen-bond acceptors (Lipinski definition) is 11. The smallest absolute Gasteiger partial charge is 0.229 e. The zero-order chi connectivity index (χ0) is 23.9. The van der Waals surface area contributed by atoms with Gasteiger partial charge in [-0.05, 0) is 12.1 Å². The minimum Gasteiger partial charge on any atom is -0.496 e. The van der Waals surface area contributed by atoms with Gasteiger partial charge in [0.2, 0.25) is 11.7 Å². The van der Waals surface area contributed by atoms with E-state index in [0.717, 1.165) is 0 Å². The van der Waals surface area contributed by atoms with Gasteiger partial charge in [0.05, 0.1) is 27.9 Å². The predicted molar refractivity (Wildman–Crippen MR) is 114 cm³/mol. The van der Waals surface area contributed by atoms with E-state index in [2.05, 4.69) is 0 Å². The highest BCUT2D eigenvalue weighted by Gasteiger charge is 2.45. The molecule has 4 N–H and O–H groups in total. The van der Waals surface area contributed by atoms with Gasteiger partial charge in [0.1, 0.15) is 57.9 Å². The van der Waals surface area contributed by atoms with Gasteiger partial charge in [-0.3, -0.25) is 4.79 Å². The second-order valence-electron chi connectivity index (χ2n) is 7.42. The fourth-order valence-corrected chi connectivity index (χ4v) is 3.82. The summed E-state index contributed by atoms with van der Waals surface area (Å²) in [6.45, 7) is -0.632. The molecule has 2 heterocycles. The van der Waals surface area contributed by atoms with Gasteiger partial charge in [0.25, 0.3) is 0 Å².